The predicted molar refractivity (Wildman–Crippen MR) is 59.5 cm³/mol. The molecule has 1 aliphatic carbocycles. The summed E-state index contributed by atoms with van der Waals surface area (Å²) in [5.74, 6) is -0.424. The number of hydrogen-bond donors (Lipinski definition) is 2. The van der Waals surface area contributed by atoms with Gasteiger partial charge in [-0.2, -0.15) is 0 Å². The molecule has 3 nitrogen and oxygen atoms in total. The summed E-state index contributed by atoms with van der Waals surface area (Å²) in [5, 5.41) is 12.2. The molecule has 80 valence electrons. The first-order chi connectivity index (χ1) is 6.72. The number of para-hydroxylation sites is 1. The number of carbonyl (C=O) groups is 1. The van der Waals surface area contributed by atoms with Crippen LogP contribution in [-0.2, 0) is 11.2 Å². The molecule has 2 aliphatic rings. The number of carboxylic acid groups (broad SMARTS) is 1. The van der Waals surface area contributed by atoms with E-state index < -0.39 is 11.5 Å². The number of anilines is 1. The number of nitrogens with one attached hydrogen (secondary N) is 1. The molecule has 15 heavy (non-hydrogen) atoms. The monoisotopic (exact) mass is 225 g/mol. The molecule has 1 fully saturated rings. The minimum Gasteiger partial charge on any atom is -0.479 e. The Bertz CT molecular complexity index is 421. The van der Waals surface area contributed by atoms with Crippen LogP contribution in [0.5, 0.6) is 0 Å². The zero-order valence-corrected chi connectivity index (χ0v) is 8.88. The Morgan fingerprint density at radius 2 is 2.20 bits per heavy atom. The lowest BCUT2D eigenvalue weighted by molar-refractivity contribution is -0.139. The van der Waals surface area contributed by atoms with E-state index >= 15 is 0 Å². The topological polar surface area (TPSA) is 49.3 Å². The zero-order valence-electron chi connectivity index (χ0n) is 8.06. The van der Waals surface area contributed by atoms with Gasteiger partial charge in [0.1, 0.15) is 5.54 Å². The van der Waals surface area contributed by atoms with E-state index in [1.165, 1.54) is 5.56 Å². The summed E-state index contributed by atoms with van der Waals surface area (Å²) >= 11 is 0. The summed E-state index contributed by atoms with van der Waals surface area (Å²) in [7, 11) is 0. The first-order valence-corrected chi connectivity index (χ1v) is 4.82. The maximum Gasteiger partial charge on any atom is 0.329 e. The van der Waals surface area contributed by atoms with Crippen LogP contribution in [-0.4, -0.2) is 16.6 Å². The smallest absolute Gasteiger partial charge is 0.329 e. The Labute approximate surface area is 93.9 Å². The molecule has 1 aromatic rings. The van der Waals surface area contributed by atoms with Crippen molar-refractivity contribution in [2.24, 2.45) is 5.92 Å². The van der Waals surface area contributed by atoms with Crippen molar-refractivity contribution in [3.63, 3.8) is 0 Å². The van der Waals surface area contributed by atoms with Gasteiger partial charge in [0.2, 0.25) is 0 Å². The highest BCUT2D eigenvalue weighted by Crippen LogP contribution is 2.52. The fraction of sp³-hybridized carbons (Fsp3) is 0.364. The number of rotatable bonds is 1. The maximum absolute atomic E-state index is 11.1. The van der Waals surface area contributed by atoms with E-state index in [0.717, 1.165) is 18.5 Å². The van der Waals surface area contributed by atoms with Crippen LogP contribution in [0.25, 0.3) is 0 Å². The molecule has 3 rings (SSSR count). The van der Waals surface area contributed by atoms with Gasteiger partial charge in [0.15, 0.2) is 0 Å². The van der Waals surface area contributed by atoms with Crippen LogP contribution in [0.2, 0.25) is 0 Å². The van der Waals surface area contributed by atoms with Crippen molar-refractivity contribution in [1.29, 1.82) is 0 Å². The van der Waals surface area contributed by atoms with Crippen LogP contribution in [0.1, 0.15) is 12.0 Å². The predicted octanol–water partition coefficient (Wildman–Crippen LogP) is 1.92. The van der Waals surface area contributed by atoms with E-state index in [0.29, 0.717) is 0 Å². The van der Waals surface area contributed by atoms with Gasteiger partial charge in [-0.05, 0) is 30.4 Å². The maximum atomic E-state index is 11.1. The second-order valence-electron chi connectivity index (χ2n) is 4.16. The van der Waals surface area contributed by atoms with E-state index in [-0.39, 0.29) is 18.3 Å². The number of fused-ring (bicyclic) bond motifs is 2. The molecule has 0 saturated heterocycles. The summed E-state index contributed by atoms with van der Waals surface area (Å²) < 4.78 is 0. The lowest BCUT2D eigenvalue weighted by atomic mass is 9.98. The third kappa shape index (κ3) is 1.30. The van der Waals surface area contributed by atoms with Crippen molar-refractivity contribution in [2.75, 3.05) is 5.32 Å². The Morgan fingerprint density at radius 3 is 2.93 bits per heavy atom. The fourth-order valence-corrected chi connectivity index (χ4v) is 2.37. The minimum absolute atomic E-state index is 0. The van der Waals surface area contributed by atoms with Gasteiger partial charge >= 0.3 is 5.97 Å². The molecule has 1 heterocycles. The van der Waals surface area contributed by atoms with Crippen molar-refractivity contribution in [2.45, 2.75) is 18.4 Å². The highest BCUT2D eigenvalue weighted by molar-refractivity contribution is 5.89. The fourth-order valence-electron chi connectivity index (χ4n) is 2.37. The molecule has 0 radical (unpaired) electrons. The van der Waals surface area contributed by atoms with Crippen molar-refractivity contribution in [3.8, 4) is 0 Å². The molecule has 4 heteroatoms. The molecule has 0 spiro atoms. The largest absolute Gasteiger partial charge is 0.479 e. The van der Waals surface area contributed by atoms with E-state index in [4.69, 9.17) is 5.11 Å². The van der Waals surface area contributed by atoms with Crippen LogP contribution in [0.4, 0.5) is 5.69 Å². The standard InChI is InChI=1S/C11H11NO2.ClH/c13-10(14)11-6-8(11)5-7-3-1-2-4-9(7)12-11;/h1-4,8,12H,5-6H2,(H,13,14);1H. The lowest BCUT2D eigenvalue weighted by Crippen LogP contribution is -2.37. The average molecular weight is 226 g/mol. The molecule has 2 unspecified atom stereocenters. The van der Waals surface area contributed by atoms with Crippen LogP contribution >= 0.6 is 12.4 Å². The Morgan fingerprint density at radius 1 is 1.47 bits per heavy atom. The van der Waals surface area contributed by atoms with E-state index in [1.807, 2.05) is 18.2 Å². The first-order valence-electron chi connectivity index (χ1n) is 4.82. The SMILES string of the molecule is Cl.O=C(O)C12CC1Cc1ccccc1N2. The van der Waals surface area contributed by atoms with Gasteiger partial charge in [-0.3, -0.25) is 0 Å². The van der Waals surface area contributed by atoms with Crippen molar-refractivity contribution < 1.29 is 9.90 Å². The molecule has 0 aromatic heterocycles. The summed E-state index contributed by atoms with van der Waals surface area (Å²) in [4.78, 5) is 11.1. The van der Waals surface area contributed by atoms with E-state index in [1.54, 1.807) is 0 Å². The molecule has 1 aromatic carbocycles. The van der Waals surface area contributed by atoms with Crippen LogP contribution < -0.4 is 5.32 Å². The van der Waals surface area contributed by atoms with Gasteiger partial charge in [-0.25, -0.2) is 4.79 Å². The molecule has 1 saturated carbocycles. The number of hydrogen-bond acceptors (Lipinski definition) is 2. The number of halogens is 1. The second-order valence-corrected chi connectivity index (χ2v) is 4.16. The van der Waals surface area contributed by atoms with Crippen molar-refractivity contribution in [3.05, 3.63) is 29.8 Å². The lowest BCUT2D eigenvalue weighted by Gasteiger charge is -2.23. The minimum atomic E-state index is -0.711. The molecule has 2 N–H and O–H groups in total. The summed E-state index contributed by atoms with van der Waals surface area (Å²) in [6, 6.07) is 7.95. The summed E-state index contributed by atoms with van der Waals surface area (Å²) in [6.45, 7) is 0. The summed E-state index contributed by atoms with van der Waals surface area (Å²) in [6.07, 6.45) is 1.66. The number of carboxylic acids is 1. The molecule has 0 bridgehead atoms. The average Bonchev–Trinajstić information content (AvgIpc) is 2.88. The van der Waals surface area contributed by atoms with E-state index in [9.17, 15) is 4.79 Å². The van der Waals surface area contributed by atoms with Gasteiger partial charge in [-0.1, -0.05) is 18.2 Å². The summed E-state index contributed by atoms with van der Waals surface area (Å²) in [5.41, 5.74) is 1.59. The quantitative estimate of drug-likeness (QED) is 0.768. The van der Waals surface area contributed by atoms with Gasteiger partial charge in [0.05, 0.1) is 0 Å². The Hall–Kier alpha value is -1.22. The van der Waals surface area contributed by atoms with Crippen LogP contribution in [0, 0.1) is 5.92 Å². The third-order valence-electron chi connectivity index (χ3n) is 3.33. The molecule has 0 amide bonds. The molecule has 2 atom stereocenters. The molecule has 1 aliphatic heterocycles. The van der Waals surface area contributed by atoms with Gasteiger partial charge < -0.3 is 10.4 Å². The first kappa shape index (κ1) is 10.3. The van der Waals surface area contributed by atoms with Crippen molar-refractivity contribution in [1.82, 2.24) is 0 Å². The van der Waals surface area contributed by atoms with Gasteiger partial charge in [0, 0.05) is 5.69 Å². The highest BCUT2D eigenvalue weighted by atomic mass is 35.5. The third-order valence-corrected chi connectivity index (χ3v) is 3.33. The van der Waals surface area contributed by atoms with Crippen LogP contribution in [0.3, 0.4) is 0 Å². The molecular formula is C11H12ClNO2. The Kier molecular flexibility index (Phi) is 2.15. The van der Waals surface area contributed by atoms with E-state index in [2.05, 4.69) is 11.4 Å². The normalized spacial score (nSPS) is 30.3. The highest BCUT2D eigenvalue weighted by Gasteiger charge is 2.62. The zero-order chi connectivity index (χ0) is 9.76. The van der Waals surface area contributed by atoms with Gasteiger partial charge in [-0.15, -0.1) is 12.4 Å². The second kappa shape index (κ2) is 3.14. The van der Waals surface area contributed by atoms with Crippen LogP contribution in [0.15, 0.2) is 24.3 Å². The van der Waals surface area contributed by atoms with Gasteiger partial charge in [0.25, 0.3) is 0 Å². The Balaban J connectivity index is 0.000000853. The number of aliphatic carboxylic acids is 1. The van der Waals surface area contributed by atoms with Crippen molar-refractivity contribution >= 4 is 24.1 Å². The molecular weight excluding hydrogens is 214 g/mol. The number of benzene rings is 1.